The van der Waals surface area contributed by atoms with E-state index >= 15 is 0 Å². The van der Waals surface area contributed by atoms with Crippen molar-refractivity contribution < 1.29 is 19.1 Å². The zero-order valence-corrected chi connectivity index (χ0v) is 21.2. The van der Waals surface area contributed by atoms with E-state index in [0.29, 0.717) is 33.6 Å². The van der Waals surface area contributed by atoms with Gasteiger partial charge in [-0.05, 0) is 66.4 Å². The fraction of sp³-hybridized carbons (Fsp3) is 0.652. The maximum Gasteiger partial charge on any atom is 0.415 e. The molecule has 9 heteroatoms. The smallest absolute Gasteiger partial charge is 0.415 e. The lowest BCUT2D eigenvalue weighted by Crippen LogP contribution is -2.42. The molecule has 32 heavy (non-hydrogen) atoms. The maximum atomic E-state index is 13.5. The van der Waals surface area contributed by atoms with Gasteiger partial charge < -0.3 is 9.47 Å². The summed E-state index contributed by atoms with van der Waals surface area (Å²) >= 11 is 1.20. The number of nitrogens with zero attached hydrogens (tertiary/aromatic N) is 3. The van der Waals surface area contributed by atoms with Gasteiger partial charge in [0.2, 0.25) is 0 Å². The molecule has 3 rings (SSSR count). The van der Waals surface area contributed by atoms with Crippen molar-refractivity contribution in [3.05, 3.63) is 22.1 Å². The number of hydrogen-bond acceptors (Lipinski definition) is 7. The number of carbonyl (C=O) groups excluding carboxylic acids is 2. The molecule has 0 bridgehead atoms. The molecule has 1 fully saturated rings. The number of esters is 1. The van der Waals surface area contributed by atoms with Crippen molar-refractivity contribution in [1.82, 2.24) is 9.78 Å². The Kier molecular flexibility index (Phi) is 5.95. The van der Waals surface area contributed by atoms with E-state index in [1.54, 1.807) is 54.7 Å². The molecule has 2 aromatic heterocycles. The van der Waals surface area contributed by atoms with Gasteiger partial charge in [0.15, 0.2) is 5.54 Å². The molecule has 1 aliphatic carbocycles. The molecule has 0 spiro atoms. The average Bonchev–Trinajstić information content (AvgIpc) is 3.30. The quantitative estimate of drug-likeness (QED) is 0.606. The summed E-state index contributed by atoms with van der Waals surface area (Å²) in [6.07, 6.45) is 0.512. The minimum atomic E-state index is -1.07. The molecular formula is C23H33N3O5S. The van der Waals surface area contributed by atoms with Crippen LogP contribution in [0.1, 0.15) is 79.8 Å². The predicted octanol–water partition coefficient (Wildman–Crippen LogP) is 4.78. The van der Waals surface area contributed by atoms with Gasteiger partial charge in [0.05, 0.1) is 5.69 Å². The van der Waals surface area contributed by atoms with Gasteiger partial charge in [0.25, 0.3) is 5.56 Å². The highest BCUT2D eigenvalue weighted by Gasteiger charge is 2.56. The van der Waals surface area contributed by atoms with Crippen LogP contribution in [-0.2, 0) is 19.8 Å². The van der Waals surface area contributed by atoms with Crippen molar-refractivity contribution in [3.63, 3.8) is 0 Å². The first-order chi connectivity index (χ1) is 14.6. The van der Waals surface area contributed by atoms with Crippen LogP contribution in [0.15, 0.2) is 10.9 Å². The molecule has 0 N–H and O–H groups in total. The summed E-state index contributed by atoms with van der Waals surface area (Å²) in [7, 11) is 1.61. The normalized spacial score (nSPS) is 15.7. The number of ether oxygens (including phenoxy) is 2. The van der Waals surface area contributed by atoms with Gasteiger partial charge in [-0.2, -0.15) is 5.10 Å². The van der Waals surface area contributed by atoms with Crippen LogP contribution in [0, 0.1) is 0 Å². The van der Waals surface area contributed by atoms with E-state index in [0.717, 1.165) is 0 Å². The number of thiophene rings is 1. The van der Waals surface area contributed by atoms with Crippen LogP contribution in [0.25, 0.3) is 10.1 Å². The Bertz CT molecular complexity index is 1110. The van der Waals surface area contributed by atoms with E-state index in [-0.39, 0.29) is 11.5 Å². The molecule has 1 saturated carbocycles. The molecule has 0 unspecified atom stereocenters. The van der Waals surface area contributed by atoms with Gasteiger partial charge in [-0.3, -0.25) is 9.69 Å². The molecule has 0 aliphatic heterocycles. The van der Waals surface area contributed by atoms with E-state index in [4.69, 9.17) is 9.47 Å². The number of amides is 1. The van der Waals surface area contributed by atoms with Crippen molar-refractivity contribution in [2.24, 2.45) is 0 Å². The number of aromatic nitrogens is 2. The van der Waals surface area contributed by atoms with Gasteiger partial charge in [0, 0.05) is 12.4 Å². The first-order valence-electron chi connectivity index (χ1n) is 10.8. The summed E-state index contributed by atoms with van der Waals surface area (Å²) in [6.45, 7) is 14.8. The van der Waals surface area contributed by atoms with E-state index in [2.05, 4.69) is 5.10 Å². The Morgan fingerprint density at radius 3 is 2.16 bits per heavy atom. The molecule has 176 valence electrons. The summed E-state index contributed by atoms with van der Waals surface area (Å²) in [6, 6.07) is 1.80. The summed E-state index contributed by atoms with van der Waals surface area (Å²) < 4.78 is 12.8. The molecule has 2 aromatic rings. The zero-order chi connectivity index (χ0) is 24.2. The third-order valence-electron chi connectivity index (χ3n) is 5.04. The molecule has 0 radical (unpaired) electrons. The van der Waals surface area contributed by atoms with Gasteiger partial charge >= 0.3 is 12.1 Å². The van der Waals surface area contributed by atoms with Crippen molar-refractivity contribution in [2.45, 2.75) is 90.9 Å². The van der Waals surface area contributed by atoms with E-state index < -0.39 is 28.8 Å². The topological polar surface area (TPSA) is 90.7 Å². The first kappa shape index (κ1) is 24.2. The lowest BCUT2D eigenvalue weighted by atomic mass is 10.1. The largest absolute Gasteiger partial charge is 0.458 e. The van der Waals surface area contributed by atoms with Crippen molar-refractivity contribution >= 4 is 38.5 Å². The van der Waals surface area contributed by atoms with Crippen molar-refractivity contribution in [1.29, 1.82) is 0 Å². The molecular weight excluding hydrogens is 430 g/mol. The number of hydrogen-bond donors (Lipinski definition) is 0. The second kappa shape index (κ2) is 7.86. The van der Waals surface area contributed by atoms with Crippen molar-refractivity contribution in [3.8, 4) is 0 Å². The SMILES string of the molecule is CC(C)c1nn(C2(C(=O)OC(C)(C)C)CC2)c(=O)c2sc(N(C)C(=O)OC(C)(C)C)cc12. The number of anilines is 1. The average molecular weight is 464 g/mol. The number of fused-ring (bicyclic) bond motifs is 1. The minimum Gasteiger partial charge on any atom is -0.458 e. The van der Waals surface area contributed by atoms with Crippen LogP contribution in [0.5, 0.6) is 0 Å². The maximum absolute atomic E-state index is 13.5. The van der Waals surface area contributed by atoms with E-state index in [1.807, 2.05) is 13.8 Å². The van der Waals surface area contributed by atoms with Crippen LogP contribution >= 0.6 is 11.3 Å². The number of rotatable bonds is 4. The summed E-state index contributed by atoms with van der Waals surface area (Å²) in [5.74, 6) is -0.427. The highest BCUT2D eigenvalue weighted by atomic mass is 32.1. The Morgan fingerprint density at radius 2 is 1.69 bits per heavy atom. The highest BCUT2D eigenvalue weighted by molar-refractivity contribution is 7.22. The van der Waals surface area contributed by atoms with Crippen LogP contribution in [-0.4, -0.2) is 40.1 Å². The van der Waals surface area contributed by atoms with Gasteiger partial charge in [-0.25, -0.2) is 14.3 Å². The van der Waals surface area contributed by atoms with Crippen LogP contribution < -0.4 is 10.5 Å². The molecule has 8 nitrogen and oxygen atoms in total. The third kappa shape index (κ3) is 4.67. The molecule has 0 saturated heterocycles. The second-order valence-electron chi connectivity index (χ2n) is 10.7. The Labute approximate surface area is 192 Å². The monoisotopic (exact) mass is 463 g/mol. The lowest BCUT2D eigenvalue weighted by Gasteiger charge is -2.25. The Morgan fingerprint density at radius 1 is 1.12 bits per heavy atom. The molecule has 2 heterocycles. The summed E-state index contributed by atoms with van der Waals surface area (Å²) in [5.41, 5.74) is -2.00. The third-order valence-corrected chi connectivity index (χ3v) is 6.24. The molecule has 0 atom stereocenters. The first-order valence-corrected chi connectivity index (χ1v) is 11.6. The Hall–Kier alpha value is -2.42. The van der Waals surface area contributed by atoms with Crippen molar-refractivity contribution in [2.75, 3.05) is 11.9 Å². The molecule has 1 aliphatic rings. The van der Waals surface area contributed by atoms with Crippen LogP contribution in [0.2, 0.25) is 0 Å². The summed E-state index contributed by atoms with van der Waals surface area (Å²) in [4.78, 5) is 40.4. The van der Waals surface area contributed by atoms with Gasteiger partial charge in [-0.15, -0.1) is 11.3 Å². The second-order valence-corrected chi connectivity index (χ2v) is 11.7. The van der Waals surface area contributed by atoms with Gasteiger partial charge in [0.1, 0.15) is 20.9 Å². The predicted molar refractivity (Wildman–Crippen MR) is 126 cm³/mol. The Balaban J connectivity index is 2.11. The van der Waals surface area contributed by atoms with Gasteiger partial charge in [-0.1, -0.05) is 13.8 Å². The number of carbonyl (C=O) groups is 2. The minimum absolute atomic E-state index is 0.00747. The van der Waals surface area contributed by atoms with E-state index in [9.17, 15) is 14.4 Å². The molecule has 0 aromatic carbocycles. The lowest BCUT2D eigenvalue weighted by molar-refractivity contribution is -0.161. The fourth-order valence-electron chi connectivity index (χ4n) is 3.33. The highest BCUT2D eigenvalue weighted by Crippen LogP contribution is 2.45. The zero-order valence-electron chi connectivity index (χ0n) is 20.4. The molecule has 1 amide bonds. The van der Waals surface area contributed by atoms with Crippen LogP contribution in [0.3, 0.4) is 0 Å². The summed E-state index contributed by atoms with van der Waals surface area (Å²) in [5, 5.41) is 5.91. The fourth-order valence-corrected chi connectivity index (χ4v) is 4.37. The van der Waals surface area contributed by atoms with E-state index in [1.165, 1.54) is 20.9 Å². The van der Waals surface area contributed by atoms with Crippen LogP contribution in [0.4, 0.5) is 9.80 Å². The standard InChI is InChI=1S/C23H33N3O5S/c1-13(2)16-14-12-15(25(9)20(29)31-22(6,7)8)32-17(14)18(27)26(24-16)23(10-11-23)19(28)30-21(3,4)5/h12-13H,10-11H2,1-9H3.